The van der Waals surface area contributed by atoms with Crippen LogP contribution in [0.3, 0.4) is 0 Å². The summed E-state index contributed by atoms with van der Waals surface area (Å²) in [4.78, 5) is 29.5. The third-order valence-corrected chi connectivity index (χ3v) is 7.44. The van der Waals surface area contributed by atoms with Crippen LogP contribution in [0.25, 0.3) is 0 Å². The molecule has 2 atom stereocenters. The Kier molecular flexibility index (Phi) is 4.25. The van der Waals surface area contributed by atoms with E-state index in [1.165, 1.54) is 17.8 Å². The maximum atomic E-state index is 15.5. The van der Waals surface area contributed by atoms with Gasteiger partial charge in [-0.3, -0.25) is 4.79 Å². The van der Waals surface area contributed by atoms with Gasteiger partial charge in [0, 0.05) is 61.2 Å². The second-order valence-electron chi connectivity index (χ2n) is 8.00. The summed E-state index contributed by atoms with van der Waals surface area (Å²) in [5.41, 5.74) is 3.08. The molecule has 0 aromatic heterocycles. The van der Waals surface area contributed by atoms with Gasteiger partial charge in [-0.2, -0.15) is 0 Å². The molecule has 2 unspecified atom stereocenters. The van der Waals surface area contributed by atoms with Gasteiger partial charge in [0.05, 0.1) is 11.4 Å². The number of carbonyl (C=O) groups excluding carboxylic acids is 1. The van der Waals surface area contributed by atoms with Crippen LogP contribution >= 0.6 is 11.8 Å². The van der Waals surface area contributed by atoms with Gasteiger partial charge in [0.15, 0.2) is 0 Å². The van der Waals surface area contributed by atoms with Crippen molar-refractivity contribution in [3.05, 3.63) is 44.5 Å². The van der Waals surface area contributed by atoms with Gasteiger partial charge in [-0.05, 0) is 23.5 Å². The number of halogens is 1. The number of hydrogen-bond donors (Lipinski definition) is 2. The van der Waals surface area contributed by atoms with Crippen LogP contribution in [0.5, 0.6) is 0 Å². The first-order chi connectivity index (χ1) is 13.9. The Morgan fingerprint density at radius 3 is 2.93 bits per heavy atom. The molecule has 3 aliphatic heterocycles. The molecule has 6 nitrogen and oxygen atoms in total. The number of likely N-dealkylation sites (N-methyl/N-ethyl adjacent to an activating group) is 1. The summed E-state index contributed by atoms with van der Waals surface area (Å²) < 4.78 is 15.5. The number of nitrogens with one attached hydrogen (secondary N) is 1. The molecule has 1 saturated heterocycles. The minimum atomic E-state index is -1.24. The zero-order valence-electron chi connectivity index (χ0n) is 16.3. The van der Waals surface area contributed by atoms with E-state index in [9.17, 15) is 14.7 Å². The van der Waals surface area contributed by atoms with E-state index in [2.05, 4.69) is 17.1 Å². The van der Waals surface area contributed by atoms with Crippen molar-refractivity contribution < 1.29 is 19.1 Å². The van der Waals surface area contributed by atoms with Gasteiger partial charge in [0.1, 0.15) is 11.4 Å². The predicted molar refractivity (Wildman–Crippen MR) is 111 cm³/mol. The number of nitrogens with zero attached hydrogens (tertiary/aromatic N) is 2. The Bertz CT molecular complexity index is 1020. The lowest BCUT2D eigenvalue weighted by Gasteiger charge is -2.42. The molecule has 1 aromatic carbocycles. The molecular formula is C21H22FN3O3S. The smallest absolute Gasteiger partial charge is 0.340 e. The van der Waals surface area contributed by atoms with Crippen LogP contribution in [-0.4, -0.2) is 56.1 Å². The van der Waals surface area contributed by atoms with Crippen LogP contribution < -0.4 is 15.1 Å². The normalized spacial score (nSPS) is 25.3. The number of carboxylic acid groups (broad SMARTS) is 1. The molecule has 3 heterocycles. The lowest BCUT2D eigenvalue weighted by Crippen LogP contribution is -2.51. The Morgan fingerprint density at radius 2 is 2.21 bits per heavy atom. The number of anilines is 2. The van der Waals surface area contributed by atoms with E-state index < -0.39 is 17.6 Å². The monoisotopic (exact) mass is 415 g/mol. The third kappa shape index (κ3) is 2.58. The van der Waals surface area contributed by atoms with Crippen LogP contribution in [0, 0.1) is 5.82 Å². The predicted octanol–water partition coefficient (Wildman–Crippen LogP) is 2.71. The van der Waals surface area contributed by atoms with Crippen molar-refractivity contribution in [3.8, 4) is 0 Å². The zero-order valence-corrected chi connectivity index (χ0v) is 17.1. The number of carbonyl (C=O) groups is 2. The van der Waals surface area contributed by atoms with E-state index in [0.717, 1.165) is 29.8 Å². The van der Waals surface area contributed by atoms with Gasteiger partial charge in [0.2, 0.25) is 5.78 Å². The lowest BCUT2D eigenvalue weighted by molar-refractivity contribution is -0.132. The maximum absolute atomic E-state index is 15.5. The maximum Gasteiger partial charge on any atom is 0.340 e. The van der Waals surface area contributed by atoms with E-state index in [-0.39, 0.29) is 23.1 Å². The molecular weight excluding hydrogens is 393 g/mol. The SMILES string of the molecule is CCC1CN(c2c(F)cc3c4c2N(C)CC2=CSC(=C(C(=O)O)C3=O)C24)CCN1. The molecule has 29 heavy (non-hydrogen) atoms. The molecule has 0 spiro atoms. The first-order valence-electron chi connectivity index (χ1n) is 9.86. The van der Waals surface area contributed by atoms with E-state index in [1.54, 1.807) is 0 Å². The number of Topliss-reactive ketones (excluding diaryl/α,β-unsaturated/α-hetero) is 1. The standard InChI is InChI=1S/C21H22FN3O3S/c1-3-11-8-25(5-4-23-11)17-13(22)6-12-15-14-10(7-24(2)18(15)17)9-29-20(14)16(19(12)26)21(27)28/h6,9,11,14,23H,3-5,7-8H2,1-2H3,(H,27,28). The summed E-state index contributed by atoms with van der Waals surface area (Å²) in [7, 11) is 1.92. The van der Waals surface area contributed by atoms with Gasteiger partial charge in [0.25, 0.3) is 0 Å². The fourth-order valence-electron chi connectivity index (χ4n) is 5.00. The Labute approximate surface area is 172 Å². The van der Waals surface area contributed by atoms with E-state index in [4.69, 9.17) is 0 Å². The summed E-state index contributed by atoms with van der Waals surface area (Å²) >= 11 is 1.32. The number of thioether (sulfide) groups is 1. The lowest BCUT2D eigenvalue weighted by atomic mass is 9.75. The van der Waals surface area contributed by atoms with Crippen LogP contribution in [0.2, 0.25) is 0 Å². The van der Waals surface area contributed by atoms with Crippen molar-refractivity contribution >= 4 is 34.9 Å². The quantitative estimate of drug-likeness (QED) is 0.736. The summed E-state index contributed by atoms with van der Waals surface area (Å²) in [6.07, 6.45) is 0.952. The molecule has 0 amide bonds. The van der Waals surface area contributed by atoms with Gasteiger partial charge >= 0.3 is 5.97 Å². The summed E-state index contributed by atoms with van der Waals surface area (Å²) in [5, 5.41) is 15.1. The minimum absolute atomic E-state index is 0.189. The first-order valence-corrected chi connectivity index (χ1v) is 10.7. The van der Waals surface area contributed by atoms with Gasteiger partial charge in [-0.15, -0.1) is 11.8 Å². The Balaban J connectivity index is 1.74. The number of hydrogen-bond acceptors (Lipinski definition) is 6. The number of benzene rings is 1. The van der Waals surface area contributed by atoms with E-state index in [1.807, 2.05) is 17.4 Å². The third-order valence-electron chi connectivity index (χ3n) is 6.32. The number of rotatable bonds is 3. The highest BCUT2D eigenvalue weighted by Crippen LogP contribution is 2.58. The second-order valence-corrected chi connectivity index (χ2v) is 8.91. The molecule has 1 aliphatic carbocycles. The van der Waals surface area contributed by atoms with Crippen LogP contribution in [0.1, 0.15) is 35.2 Å². The molecule has 0 bridgehead atoms. The summed E-state index contributed by atoms with van der Waals surface area (Å²) in [6, 6.07) is 1.55. The van der Waals surface area contributed by atoms with Crippen molar-refractivity contribution in [1.29, 1.82) is 0 Å². The fourth-order valence-corrected chi connectivity index (χ4v) is 6.20. The number of piperazine rings is 1. The Hall–Kier alpha value is -2.32. The number of carboxylic acids is 1. The second kappa shape index (κ2) is 6.60. The van der Waals surface area contributed by atoms with Gasteiger partial charge in [-0.1, -0.05) is 6.92 Å². The van der Waals surface area contributed by atoms with Crippen LogP contribution in [-0.2, 0) is 4.79 Å². The number of aliphatic carboxylic acids is 1. The van der Waals surface area contributed by atoms with E-state index >= 15 is 4.39 Å². The minimum Gasteiger partial charge on any atom is -0.478 e. The van der Waals surface area contributed by atoms with Crippen LogP contribution in [0.15, 0.2) is 27.5 Å². The summed E-state index contributed by atoms with van der Waals surface area (Å²) in [6.45, 7) is 4.86. The molecule has 0 radical (unpaired) electrons. The number of ketones is 1. The molecule has 8 heteroatoms. The molecule has 4 aliphatic rings. The molecule has 1 fully saturated rings. The molecule has 152 valence electrons. The van der Waals surface area contributed by atoms with Crippen molar-refractivity contribution in [3.63, 3.8) is 0 Å². The molecule has 2 N–H and O–H groups in total. The van der Waals surface area contributed by atoms with Crippen molar-refractivity contribution in [1.82, 2.24) is 5.32 Å². The largest absolute Gasteiger partial charge is 0.478 e. The van der Waals surface area contributed by atoms with Crippen molar-refractivity contribution in [2.75, 3.05) is 43.0 Å². The van der Waals surface area contributed by atoms with Gasteiger partial charge < -0.3 is 20.2 Å². The Morgan fingerprint density at radius 1 is 1.41 bits per heavy atom. The van der Waals surface area contributed by atoms with Crippen LogP contribution in [0.4, 0.5) is 15.8 Å². The molecule has 0 saturated carbocycles. The molecule has 5 rings (SSSR count). The van der Waals surface area contributed by atoms with Gasteiger partial charge in [-0.25, -0.2) is 9.18 Å². The number of allylic oxidation sites excluding steroid dienone is 1. The highest BCUT2D eigenvalue weighted by atomic mass is 32.2. The van der Waals surface area contributed by atoms with E-state index in [0.29, 0.717) is 30.2 Å². The average molecular weight is 415 g/mol. The van der Waals surface area contributed by atoms with Crippen molar-refractivity contribution in [2.24, 2.45) is 0 Å². The summed E-state index contributed by atoms with van der Waals surface area (Å²) in [5.74, 6) is -2.54. The van der Waals surface area contributed by atoms with Crippen molar-refractivity contribution in [2.45, 2.75) is 25.3 Å². The fraction of sp³-hybridized carbons (Fsp3) is 0.429. The zero-order chi connectivity index (χ0) is 20.4. The molecule has 1 aromatic rings. The highest BCUT2D eigenvalue weighted by Gasteiger charge is 2.47. The first kappa shape index (κ1) is 18.7. The average Bonchev–Trinajstić information content (AvgIpc) is 3.10. The topological polar surface area (TPSA) is 72.9 Å². The highest BCUT2D eigenvalue weighted by molar-refractivity contribution is 8.06.